The van der Waals surface area contributed by atoms with Gasteiger partial charge in [-0.3, -0.25) is 0 Å². The highest BCUT2D eigenvalue weighted by atomic mass is 32.2. The average Bonchev–Trinajstić information content (AvgIpc) is 3.38. The molecule has 0 spiro atoms. The fraction of sp³-hybridized carbons (Fsp3) is 0.688. The van der Waals surface area contributed by atoms with Crippen molar-refractivity contribution in [3.8, 4) is 0 Å². The minimum Gasteiger partial charge on any atom is -0.339 e. The number of nitrogens with zero attached hydrogens (tertiary/aromatic N) is 5. The molecule has 1 saturated carbocycles. The number of fused-ring (bicyclic) bond motifs is 1. The number of hydrogen-bond acceptors (Lipinski definition) is 8. The monoisotopic (exact) mass is 444 g/mol. The molecular formula is C16H24N6O5S2. The van der Waals surface area contributed by atoms with Crippen molar-refractivity contribution < 1.29 is 21.4 Å². The lowest BCUT2D eigenvalue weighted by atomic mass is 9.80. The molecule has 2 fully saturated rings. The summed E-state index contributed by atoms with van der Waals surface area (Å²) in [6.07, 6.45) is 3.79. The van der Waals surface area contributed by atoms with Crippen LogP contribution in [0.5, 0.6) is 0 Å². The second-order valence-corrected chi connectivity index (χ2v) is 11.8. The van der Waals surface area contributed by atoms with Crippen molar-refractivity contribution in [1.82, 2.24) is 28.7 Å². The van der Waals surface area contributed by atoms with Gasteiger partial charge in [-0.15, -0.1) is 0 Å². The molecule has 1 aliphatic heterocycles. The van der Waals surface area contributed by atoms with Crippen LogP contribution in [0.15, 0.2) is 22.1 Å². The van der Waals surface area contributed by atoms with Gasteiger partial charge in [0, 0.05) is 32.4 Å². The Hall–Kier alpha value is -1.83. The van der Waals surface area contributed by atoms with E-state index in [2.05, 4.69) is 19.8 Å². The number of aryl methyl sites for hydroxylation is 2. The number of nitrogens with one attached hydrogen (secondary N) is 1. The summed E-state index contributed by atoms with van der Waals surface area (Å²) < 4.78 is 61.4. The second kappa shape index (κ2) is 6.86. The molecule has 3 heterocycles. The van der Waals surface area contributed by atoms with Gasteiger partial charge in [-0.05, 0) is 32.6 Å². The van der Waals surface area contributed by atoms with Gasteiger partial charge in [0.1, 0.15) is 0 Å². The molecule has 2 aromatic rings. The second-order valence-electron chi connectivity index (χ2n) is 7.83. The van der Waals surface area contributed by atoms with Crippen molar-refractivity contribution in [2.45, 2.75) is 43.2 Å². The standard InChI is InChI=1S/C16H24N6O5S2/c1-4-28(23,24)20-13-5-12-7-22(29(25,26)14-8-21(3)10-17-14)9-16(12,6-13)15-18-11(2)19-27-15/h8,10,12-13,20H,4-7,9H2,1-3H3/t12-,13+,16-/m0/s1. The van der Waals surface area contributed by atoms with Gasteiger partial charge in [0.25, 0.3) is 10.0 Å². The van der Waals surface area contributed by atoms with Crippen LogP contribution in [0.25, 0.3) is 0 Å². The van der Waals surface area contributed by atoms with Crippen LogP contribution in [-0.4, -0.2) is 65.7 Å². The predicted octanol–water partition coefficient (Wildman–Crippen LogP) is -0.228. The van der Waals surface area contributed by atoms with Gasteiger partial charge < -0.3 is 9.09 Å². The Labute approximate surface area is 169 Å². The highest BCUT2D eigenvalue weighted by molar-refractivity contribution is 7.89. The topological polar surface area (TPSA) is 140 Å². The lowest BCUT2D eigenvalue weighted by Crippen LogP contribution is -2.40. The van der Waals surface area contributed by atoms with Gasteiger partial charge in [-0.25, -0.2) is 26.5 Å². The molecule has 0 bridgehead atoms. The molecule has 11 nitrogen and oxygen atoms in total. The Morgan fingerprint density at radius 3 is 2.69 bits per heavy atom. The van der Waals surface area contributed by atoms with Crippen LogP contribution in [0.3, 0.4) is 0 Å². The summed E-state index contributed by atoms with van der Waals surface area (Å²) in [5.41, 5.74) is -0.732. The maximum Gasteiger partial charge on any atom is 0.262 e. The summed E-state index contributed by atoms with van der Waals surface area (Å²) in [5, 5.41) is 3.86. The van der Waals surface area contributed by atoms with Crippen LogP contribution in [0.4, 0.5) is 0 Å². The highest BCUT2D eigenvalue weighted by Gasteiger charge is 2.59. The van der Waals surface area contributed by atoms with Crippen molar-refractivity contribution in [3.05, 3.63) is 24.2 Å². The van der Waals surface area contributed by atoms with Crippen LogP contribution in [0, 0.1) is 12.8 Å². The summed E-state index contributed by atoms with van der Waals surface area (Å²) in [6, 6.07) is -0.308. The fourth-order valence-electron chi connectivity index (χ4n) is 4.42. The normalized spacial score (nSPS) is 28.1. The molecule has 13 heteroatoms. The maximum absolute atomic E-state index is 13.1. The summed E-state index contributed by atoms with van der Waals surface area (Å²) in [4.78, 5) is 8.36. The zero-order valence-corrected chi connectivity index (χ0v) is 18.1. The number of aromatic nitrogens is 4. The number of imidazole rings is 1. The quantitative estimate of drug-likeness (QED) is 0.644. The molecule has 29 heavy (non-hydrogen) atoms. The van der Waals surface area contributed by atoms with Gasteiger partial charge in [0.05, 0.1) is 17.5 Å². The summed E-state index contributed by atoms with van der Waals surface area (Å²) in [7, 11) is -5.46. The zero-order chi connectivity index (χ0) is 21.0. The highest BCUT2D eigenvalue weighted by Crippen LogP contribution is 2.51. The summed E-state index contributed by atoms with van der Waals surface area (Å²) in [6.45, 7) is 3.66. The first kappa shape index (κ1) is 20.4. The van der Waals surface area contributed by atoms with E-state index in [9.17, 15) is 16.8 Å². The Bertz CT molecular complexity index is 1120. The first-order valence-electron chi connectivity index (χ1n) is 9.34. The Morgan fingerprint density at radius 1 is 1.34 bits per heavy atom. The third kappa shape index (κ3) is 3.49. The van der Waals surface area contributed by atoms with E-state index in [0.717, 1.165) is 0 Å². The molecule has 0 amide bonds. The molecule has 1 aliphatic carbocycles. The predicted molar refractivity (Wildman–Crippen MR) is 102 cm³/mol. The molecule has 0 aromatic carbocycles. The van der Waals surface area contributed by atoms with E-state index in [4.69, 9.17) is 4.52 Å². The van der Waals surface area contributed by atoms with Gasteiger partial charge in [0.2, 0.25) is 15.9 Å². The molecule has 2 aromatic heterocycles. The van der Waals surface area contributed by atoms with Crippen molar-refractivity contribution in [2.24, 2.45) is 13.0 Å². The number of hydrogen-bond donors (Lipinski definition) is 1. The first-order valence-corrected chi connectivity index (χ1v) is 12.4. The smallest absolute Gasteiger partial charge is 0.262 e. The van der Waals surface area contributed by atoms with Crippen LogP contribution in [-0.2, 0) is 32.5 Å². The van der Waals surface area contributed by atoms with Crippen LogP contribution in [0.1, 0.15) is 31.5 Å². The van der Waals surface area contributed by atoms with Crippen molar-refractivity contribution in [2.75, 3.05) is 18.8 Å². The van der Waals surface area contributed by atoms with Gasteiger partial charge in [-0.1, -0.05) is 5.16 Å². The van der Waals surface area contributed by atoms with E-state index in [1.54, 1.807) is 25.5 Å². The maximum atomic E-state index is 13.1. The van der Waals surface area contributed by atoms with Crippen LogP contribution in [0.2, 0.25) is 0 Å². The van der Waals surface area contributed by atoms with Crippen LogP contribution >= 0.6 is 0 Å². The molecule has 0 unspecified atom stereocenters. The molecule has 160 valence electrons. The molecule has 1 saturated heterocycles. The molecule has 4 rings (SSSR count). The minimum absolute atomic E-state index is 0.0129. The Kier molecular flexibility index (Phi) is 4.83. The Morgan fingerprint density at radius 2 is 2.10 bits per heavy atom. The third-order valence-corrected chi connectivity index (χ3v) is 8.96. The van der Waals surface area contributed by atoms with Gasteiger partial charge in [0.15, 0.2) is 10.9 Å². The van der Waals surface area contributed by atoms with E-state index in [0.29, 0.717) is 24.6 Å². The molecule has 3 atom stereocenters. The number of sulfonamides is 2. The third-order valence-electron chi connectivity index (χ3n) is 5.81. The van der Waals surface area contributed by atoms with Crippen molar-refractivity contribution >= 4 is 20.0 Å². The molecule has 1 N–H and O–H groups in total. The zero-order valence-electron chi connectivity index (χ0n) is 16.4. The van der Waals surface area contributed by atoms with E-state index in [1.165, 1.54) is 16.8 Å². The molecular weight excluding hydrogens is 420 g/mol. The van der Waals surface area contributed by atoms with Gasteiger partial charge in [-0.2, -0.15) is 9.29 Å². The first-order chi connectivity index (χ1) is 13.6. The van der Waals surface area contributed by atoms with Crippen molar-refractivity contribution in [3.63, 3.8) is 0 Å². The average molecular weight is 445 g/mol. The SMILES string of the molecule is CCS(=O)(=O)N[C@@H]1C[C@H]2CN(S(=O)(=O)c3cn(C)cn3)C[C@@]2(c2nc(C)no2)C1. The van der Waals surface area contributed by atoms with Crippen molar-refractivity contribution in [1.29, 1.82) is 0 Å². The summed E-state index contributed by atoms with van der Waals surface area (Å²) >= 11 is 0. The summed E-state index contributed by atoms with van der Waals surface area (Å²) in [5.74, 6) is 0.653. The van der Waals surface area contributed by atoms with E-state index in [1.807, 2.05) is 0 Å². The molecule has 2 aliphatic rings. The lowest BCUT2D eigenvalue weighted by Gasteiger charge is -2.25. The lowest BCUT2D eigenvalue weighted by molar-refractivity contribution is 0.259. The van der Waals surface area contributed by atoms with Gasteiger partial charge >= 0.3 is 0 Å². The van der Waals surface area contributed by atoms with E-state index < -0.39 is 25.5 Å². The number of rotatable bonds is 6. The Balaban J connectivity index is 1.67. The van der Waals surface area contributed by atoms with Crippen LogP contribution < -0.4 is 4.72 Å². The van der Waals surface area contributed by atoms with E-state index in [-0.39, 0.29) is 35.8 Å². The van der Waals surface area contributed by atoms with E-state index >= 15 is 0 Å². The fourth-order valence-corrected chi connectivity index (χ4v) is 6.80. The largest absolute Gasteiger partial charge is 0.339 e. The minimum atomic E-state index is -3.78. The molecule has 0 radical (unpaired) electrons.